The van der Waals surface area contributed by atoms with E-state index < -0.39 is 0 Å². The van der Waals surface area contributed by atoms with Gasteiger partial charge in [0.15, 0.2) is 0 Å². The third-order valence-electron chi connectivity index (χ3n) is 14.2. The first-order valence-corrected chi connectivity index (χ1v) is 19.6. The molecule has 0 atom stereocenters. The molecule has 10 heteroatoms. The number of fused-ring (bicyclic) bond motifs is 8. The van der Waals surface area contributed by atoms with E-state index in [9.17, 15) is 0 Å². The van der Waals surface area contributed by atoms with Crippen LogP contribution in [0.25, 0.3) is 78.0 Å². The van der Waals surface area contributed by atoms with Gasteiger partial charge in [-0.1, -0.05) is 36.4 Å². The molecular weight excluding hydrogens is 686 g/mol. The third kappa shape index (κ3) is 2.57. The first kappa shape index (κ1) is 27.6. The Morgan fingerprint density at radius 3 is 0.875 bits per heavy atom. The van der Waals surface area contributed by atoms with E-state index in [0.29, 0.717) is 0 Å². The molecule has 0 bridgehead atoms. The van der Waals surface area contributed by atoms with E-state index in [0.717, 1.165) is 45.4 Å². The van der Waals surface area contributed by atoms with E-state index in [1.54, 1.807) is 0 Å². The fourth-order valence-electron chi connectivity index (χ4n) is 12.6. The summed E-state index contributed by atoms with van der Waals surface area (Å²) in [5, 5.41) is 0. The number of rotatable bonds is 0. The predicted octanol–water partition coefficient (Wildman–Crippen LogP) is 4.20. The van der Waals surface area contributed by atoms with Crippen LogP contribution in [0, 0.1) is 27.7 Å². The molecule has 56 heavy (non-hydrogen) atoms. The van der Waals surface area contributed by atoms with Crippen molar-refractivity contribution in [3.63, 3.8) is 0 Å². The molecular formula is C46H26B2N8. The smallest absolute Gasteiger partial charge is 0.253 e. The minimum atomic E-state index is 0.00145. The first-order chi connectivity index (χ1) is 27.5. The van der Waals surface area contributed by atoms with Crippen LogP contribution in [0.2, 0.25) is 0 Å². The quantitative estimate of drug-likeness (QED) is 0.221. The lowest BCUT2D eigenvalue weighted by molar-refractivity contribution is 0.980. The van der Waals surface area contributed by atoms with Crippen molar-refractivity contribution in [3.8, 4) is 22.7 Å². The maximum absolute atomic E-state index is 5.25. The Bertz CT molecular complexity index is 3300. The van der Waals surface area contributed by atoms with Crippen LogP contribution in [0.3, 0.4) is 0 Å². The Labute approximate surface area is 319 Å². The first-order valence-electron chi connectivity index (χ1n) is 19.6. The van der Waals surface area contributed by atoms with E-state index in [2.05, 4.69) is 131 Å². The Balaban J connectivity index is 1.22. The van der Waals surface area contributed by atoms with Crippen molar-refractivity contribution in [1.29, 1.82) is 0 Å². The van der Waals surface area contributed by atoms with Crippen molar-refractivity contribution in [1.82, 2.24) is 38.2 Å². The average Bonchev–Trinajstić information content (AvgIpc) is 3.90. The average molecular weight is 712 g/mol. The number of benzene rings is 6. The van der Waals surface area contributed by atoms with Gasteiger partial charge >= 0.3 is 0 Å². The van der Waals surface area contributed by atoms with E-state index >= 15 is 0 Å². The molecule has 10 aromatic rings. The Morgan fingerprint density at radius 2 is 0.607 bits per heavy atom. The summed E-state index contributed by atoms with van der Waals surface area (Å²) in [7, 11) is 0. The summed E-state index contributed by atoms with van der Waals surface area (Å²) in [6.07, 6.45) is 0. The van der Waals surface area contributed by atoms with Crippen LogP contribution in [-0.2, 0) is 0 Å². The molecule has 0 fully saturated rings. The molecule has 10 heterocycles. The van der Waals surface area contributed by atoms with Gasteiger partial charge in [0.1, 0.15) is 23.3 Å². The van der Waals surface area contributed by atoms with Gasteiger partial charge in [-0.25, -0.2) is 19.9 Å². The largest absolute Gasteiger partial charge is 0.297 e. The summed E-state index contributed by atoms with van der Waals surface area (Å²) >= 11 is 0. The van der Waals surface area contributed by atoms with Crippen molar-refractivity contribution < 1.29 is 0 Å². The standard InChI is InChI=1S/C46H26B2N8/c1-19-49-27-15-11-23-35-24-12-16-29-45-39(24)48-40-26(14-18-30-46(40)56(22(4)52-30)34-10-6-9-33(42(34)48)55(45)21(3)51-29)36(35)25-13-17-28-44-38(25)47-37(23)43(27)53(19)31-7-5-8-32(41(31)47)54(44)20(2)50-28/h5-18H,1-4H3. The summed E-state index contributed by atoms with van der Waals surface area (Å²) in [5.41, 5.74) is 29.6. The summed E-state index contributed by atoms with van der Waals surface area (Å²) < 4.78 is 9.75. The van der Waals surface area contributed by atoms with Gasteiger partial charge in [0.25, 0.3) is 13.4 Å². The van der Waals surface area contributed by atoms with Gasteiger partial charge in [-0.05, 0) is 142 Å². The molecule has 8 nitrogen and oxygen atoms in total. The SMILES string of the molecule is Cc1nc2ccc3c4c2n1-c1cccc2c1B4c1c(ccc4nc(C)n-2c14)C1=C3c2ccc3nc(C)n4c3c2B2c3c-4cccc3-n3c(C)nc4ccc1c2c43. The van der Waals surface area contributed by atoms with Gasteiger partial charge in [-0.3, -0.25) is 18.3 Å². The Morgan fingerprint density at radius 1 is 0.339 bits per heavy atom. The zero-order valence-corrected chi connectivity index (χ0v) is 30.8. The summed E-state index contributed by atoms with van der Waals surface area (Å²) in [4.78, 5) is 21.0. The Kier molecular flexibility index (Phi) is 4.11. The highest BCUT2D eigenvalue weighted by Gasteiger charge is 2.50. The molecule has 4 aromatic heterocycles. The van der Waals surface area contributed by atoms with Gasteiger partial charge in [0.2, 0.25) is 0 Å². The van der Waals surface area contributed by atoms with Crippen LogP contribution >= 0.6 is 0 Å². The molecule has 0 saturated carbocycles. The molecule has 6 aliphatic heterocycles. The number of imidazole rings is 4. The van der Waals surface area contributed by atoms with Gasteiger partial charge in [-0.15, -0.1) is 0 Å². The zero-order valence-electron chi connectivity index (χ0n) is 30.8. The number of aryl methyl sites for hydroxylation is 4. The predicted molar refractivity (Wildman–Crippen MR) is 225 cm³/mol. The molecule has 0 aliphatic carbocycles. The lowest BCUT2D eigenvalue weighted by Crippen LogP contribution is -2.61. The van der Waals surface area contributed by atoms with Crippen LogP contribution in [-0.4, -0.2) is 51.6 Å². The maximum atomic E-state index is 5.25. The van der Waals surface area contributed by atoms with Gasteiger partial charge in [-0.2, -0.15) is 0 Å². The van der Waals surface area contributed by atoms with E-state index in [1.165, 1.54) is 111 Å². The fourth-order valence-corrected chi connectivity index (χ4v) is 12.6. The molecule has 16 rings (SSSR count). The fraction of sp³-hybridized carbons (Fsp3) is 0.0870. The minimum absolute atomic E-state index is 0.00145. The monoisotopic (exact) mass is 712 g/mol. The zero-order chi connectivity index (χ0) is 36.4. The molecule has 0 N–H and O–H groups in total. The summed E-state index contributed by atoms with van der Waals surface area (Å²) in [6, 6.07) is 32.3. The van der Waals surface area contributed by atoms with E-state index in [-0.39, 0.29) is 13.4 Å². The number of hydrogen-bond donors (Lipinski definition) is 0. The number of nitrogens with zero attached hydrogens (tertiary/aromatic N) is 8. The van der Waals surface area contributed by atoms with Gasteiger partial charge < -0.3 is 0 Å². The van der Waals surface area contributed by atoms with Crippen molar-refractivity contribution in [2.45, 2.75) is 27.7 Å². The Hall–Kier alpha value is -6.93. The lowest BCUT2D eigenvalue weighted by atomic mass is 9.32. The molecule has 0 saturated heterocycles. The second-order valence-electron chi connectivity index (χ2n) is 16.6. The lowest BCUT2D eigenvalue weighted by Gasteiger charge is -2.35. The summed E-state index contributed by atoms with van der Waals surface area (Å²) in [6.45, 7) is 8.64. The number of aromatic nitrogens is 8. The van der Waals surface area contributed by atoms with Crippen molar-refractivity contribution in [2.24, 2.45) is 0 Å². The topological polar surface area (TPSA) is 71.3 Å². The highest BCUT2D eigenvalue weighted by molar-refractivity contribution is 7.03. The molecule has 0 radical (unpaired) electrons. The van der Waals surface area contributed by atoms with Crippen LogP contribution in [0.15, 0.2) is 84.9 Å². The second-order valence-corrected chi connectivity index (χ2v) is 16.6. The molecule has 256 valence electrons. The van der Waals surface area contributed by atoms with Crippen molar-refractivity contribution in [2.75, 3.05) is 0 Å². The molecule has 0 amide bonds. The van der Waals surface area contributed by atoms with Crippen LogP contribution in [0.4, 0.5) is 0 Å². The maximum Gasteiger partial charge on any atom is 0.253 e. The second kappa shape index (κ2) is 8.33. The minimum Gasteiger partial charge on any atom is -0.297 e. The highest BCUT2D eigenvalue weighted by Crippen LogP contribution is 2.46. The van der Waals surface area contributed by atoms with Gasteiger partial charge in [0.05, 0.1) is 44.1 Å². The van der Waals surface area contributed by atoms with E-state index in [4.69, 9.17) is 19.9 Å². The molecule has 0 spiro atoms. The van der Waals surface area contributed by atoms with Gasteiger partial charge in [0, 0.05) is 22.7 Å². The normalized spacial score (nSPS) is 15.0. The molecule has 6 aliphatic rings. The third-order valence-corrected chi connectivity index (χ3v) is 14.2. The highest BCUT2D eigenvalue weighted by atomic mass is 15.1. The van der Waals surface area contributed by atoms with Crippen molar-refractivity contribution >= 4 is 101 Å². The number of hydrogen-bond acceptors (Lipinski definition) is 4. The van der Waals surface area contributed by atoms with E-state index in [1.807, 2.05) is 0 Å². The van der Waals surface area contributed by atoms with Crippen LogP contribution < -0.4 is 32.8 Å². The molecule has 0 unspecified atom stereocenters. The summed E-state index contributed by atoms with van der Waals surface area (Å²) in [5.74, 6) is 4.03. The van der Waals surface area contributed by atoms with Crippen molar-refractivity contribution in [3.05, 3.63) is 130 Å². The molecule has 6 aromatic carbocycles. The van der Waals surface area contributed by atoms with Crippen LogP contribution in [0.5, 0.6) is 0 Å². The van der Waals surface area contributed by atoms with Crippen LogP contribution in [0.1, 0.15) is 45.6 Å².